The number of methoxy groups -OCH3 is 1. The van der Waals surface area contributed by atoms with E-state index in [0.717, 1.165) is 5.56 Å². The van der Waals surface area contributed by atoms with Crippen LogP contribution >= 0.6 is 0 Å². The van der Waals surface area contributed by atoms with E-state index in [0.29, 0.717) is 17.1 Å². The first-order valence-electron chi connectivity index (χ1n) is 4.70. The van der Waals surface area contributed by atoms with Crippen molar-refractivity contribution in [2.45, 2.75) is 6.61 Å². The Morgan fingerprint density at radius 2 is 2.25 bits per heavy atom. The summed E-state index contributed by atoms with van der Waals surface area (Å²) in [6.45, 7) is 0.212. The number of aromatic nitrogens is 1. The average molecular weight is 222 g/mol. The number of nitrogens with two attached hydrogens (primary N) is 1. The molecule has 0 atom stereocenters. The Morgan fingerprint density at radius 3 is 2.88 bits per heavy atom. The molecule has 0 unspecified atom stereocenters. The van der Waals surface area contributed by atoms with Gasteiger partial charge in [-0.05, 0) is 18.2 Å². The van der Waals surface area contributed by atoms with Crippen molar-refractivity contribution in [1.29, 1.82) is 0 Å². The van der Waals surface area contributed by atoms with Gasteiger partial charge in [0.25, 0.3) is 0 Å². The maximum atomic E-state index is 13.3. The summed E-state index contributed by atoms with van der Waals surface area (Å²) in [7, 11) is 1.51. The minimum atomic E-state index is -0.307. The average Bonchev–Trinajstić information content (AvgIpc) is 2.69. The van der Waals surface area contributed by atoms with Crippen molar-refractivity contribution in [3.63, 3.8) is 0 Å². The SMILES string of the molecule is COCc1cc(-c2cc(N)no2)ccc1F. The highest BCUT2D eigenvalue weighted by Gasteiger charge is 2.08. The van der Waals surface area contributed by atoms with Crippen LogP contribution in [0.25, 0.3) is 11.3 Å². The van der Waals surface area contributed by atoms with Crippen LogP contribution < -0.4 is 5.73 Å². The minimum absolute atomic E-state index is 0.212. The molecule has 2 aromatic rings. The molecular weight excluding hydrogens is 211 g/mol. The van der Waals surface area contributed by atoms with Crippen LogP contribution in [-0.2, 0) is 11.3 Å². The van der Waals surface area contributed by atoms with Gasteiger partial charge in [0.2, 0.25) is 0 Å². The van der Waals surface area contributed by atoms with E-state index in [2.05, 4.69) is 5.16 Å². The lowest BCUT2D eigenvalue weighted by Gasteiger charge is -2.03. The van der Waals surface area contributed by atoms with Gasteiger partial charge in [0.15, 0.2) is 11.6 Å². The lowest BCUT2D eigenvalue weighted by molar-refractivity contribution is 0.181. The van der Waals surface area contributed by atoms with Gasteiger partial charge in [0, 0.05) is 24.3 Å². The fraction of sp³-hybridized carbons (Fsp3) is 0.182. The van der Waals surface area contributed by atoms with Crippen molar-refractivity contribution in [1.82, 2.24) is 5.16 Å². The first kappa shape index (κ1) is 10.6. The number of halogens is 1. The van der Waals surface area contributed by atoms with Crippen molar-refractivity contribution >= 4 is 5.82 Å². The van der Waals surface area contributed by atoms with Crippen molar-refractivity contribution in [3.8, 4) is 11.3 Å². The monoisotopic (exact) mass is 222 g/mol. The zero-order chi connectivity index (χ0) is 11.5. The normalized spacial score (nSPS) is 10.6. The highest BCUT2D eigenvalue weighted by Crippen LogP contribution is 2.23. The molecule has 1 heterocycles. The van der Waals surface area contributed by atoms with Gasteiger partial charge in [-0.2, -0.15) is 0 Å². The number of anilines is 1. The molecule has 0 amide bonds. The standard InChI is InChI=1S/C11H11FN2O2/c1-15-6-8-4-7(2-3-9(8)12)10-5-11(13)14-16-10/h2-5H,6H2,1H3,(H2,13,14). The molecule has 4 nitrogen and oxygen atoms in total. The molecule has 0 saturated carbocycles. The Morgan fingerprint density at radius 1 is 1.44 bits per heavy atom. The molecule has 2 N–H and O–H groups in total. The number of ether oxygens (including phenoxy) is 1. The number of nitrogens with zero attached hydrogens (tertiary/aromatic N) is 1. The molecule has 1 aromatic carbocycles. The second kappa shape index (κ2) is 4.32. The molecule has 5 heteroatoms. The molecule has 0 radical (unpaired) electrons. The summed E-state index contributed by atoms with van der Waals surface area (Å²) in [6.07, 6.45) is 0. The van der Waals surface area contributed by atoms with E-state index in [9.17, 15) is 4.39 Å². The maximum Gasteiger partial charge on any atom is 0.169 e. The van der Waals surface area contributed by atoms with E-state index < -0.39 is 0 Å². The van der Waals surface area contributed by atoms with Crippen molar-refractivity contribution in [2.75, 3.05) is 12.8 Å². The fourth-order valence-corrected chi connectivity index (χ4v) is 1.42. The lowest BCUT2D eigenvalue weighted by atomic mass is 10.1. The molecular formula is C11H11FN2O2. The lowest BCUT2D eigenvalue weighted by Crippen LogP contribution is -1.92. The number of benzene rings is 1. The molecule has 84 valence electrons. The van der Waals surface area contributed by atoms with Gasteiger partial charge >= 0.3 is 0 Å². The van der Waals surface area contributed by atoms with Gasteiger partial charge in [-0.1, -0.05) is 5.16 Å². The van der Waals surface area contributed by atoms with E-state index in [-0.39, 0.29) is 12.4 Å². The summed E-state index contributed by atoms with van der Waals surface area (Å²) in [6, 6.07) is 6.21. The summed E-state index contributed by atoms with van der Waals surface area (Å²) in [5.74, 6) is 0.501. The summed E-state index contributed by atoms with van der Waals surface area (Å²) in [4.78, 5) is 0. The van der Waals surface area contributed by atoms with Gasteiger partial charge in [0.1, 0.15) is 5.82 Å². The first-order chi connectivity index (χ1) is 7.70. The molecule has 16 heavy (non-hydrogen) atoms. The molecule has 2 rings (SSSR count). The second-order valence-electron chi connectivity index (χ2n) is 3.36. The Kier molecular flexibility index (Phi) is 2.87. The molecule has 1 aromatic heterocycles. The number of hydrogen-bond acceptors (Lipinski definition) is 4. The van der Waals surface area contributed by atoms with Gasteiger partial charge in [-0.15, -0.1) is 0 Å². The van der Waals surface area contributed by atoms with E-state index in [1.165, 1.54) is 13.2 Å². The molecule has 0 aliphatic heterocycles. The third kappa shape index (κ3) is 2.04. The topological polar surface area (TPSA) is 61.3 Å². The third-order valence-corrected chi connectivity index (χ3v) is 2.16. The van der Waals surface area contributed by atoms with Crippen molar-refractivity contribution in [3.05, 3.63) is 35.6 Å². The largest absolute Gasteiger partial charge is 0.381 e. The Bertz CT molecular complexity index is 496. The molecule has 0 fully saturated rings. The van der Waals surface area contributed by atoms with Gasteiger partial charge in [0.05, 0.1) is 6.61 Å². The van der Waals surface area contributed by atoms with Gasteiger partial charge < -0.3 is 15.0 Å². The van der Waals surface area contributed by atoms with Gasteiger partial charge in [-0.25, -0.2) is 4.39 Å². The summed E-state index contributed by atoms with van der Waals surface area (Å²) in [5, 5.41) is 3.57. The second-order valence-corrected chi connectivity index (χ2v) is 3.36. The van der Waals surface area contributed by atoms with Crippen LogP contribution in [0.3, 0.4) is 0 Å². The van der Waals surface area contributed by atoms with Crippen LogP contribution in [0.5, 0.6) is 0 Å². The van der Waals surface area contributed by atoms with Crippen LogP contribution in [0.15, 0.2) is 28.8 Å². The van der Waals surface area contributed by atoms with Crippen LogP contribution in [-0.4, -0.2) is 12.3 Å². The molecule has 0 bridgehead atoms. The predicted molar refractivity (Wildman–Crippen MR) is 57.0 cm³/mol. The van der Waals surface area contributed by atoms with Crippen LogP contribution in [0.1, 0.15) is 5.56 Å². The van der Waals surface area contributed by atoms with E-state index in [4.69, 9.17) is 15.0 Å². The third-order valence-electron chi connectivity index (χ3n) is 2.16. The summed E-state index contributed by atoms with van der Waals surface area (Å²) in [5.41, 5.74) is 6.63. The highest BCUT2D eigenvalue weighted by molar-refractivity contribution is 5.60. The quantitative estimate of drug-likeness (QED) is 0.864. The number of rotatable bonds is 3. The predicted octanol–water partition coefficient (Wildman–Crippen LogP) is 2.21. The Balaban J connectivity index is 2.39. The molecule has 0 aliphatic carbocycles. The van der Waals surface area contributed by atoms with Crippen LogP contribution in [0.2, 0.25) is 0 Å². The number of hydrogen-bond donors (Lipinski definition) is 1. The molecule has 0 aliphatic rings. The fourth-order valence-electron chi connectivity index (χ4n) is 1.42. The Hall–Kier alpha value is -1.88. The zero-order valence-electron chi connectivity index (χ0n) is 8.74. The van der Waals surface area contributed by atoms with E-state index >= 15 is 0 Å². The Labute approximate surface area is 91.8 Å². The minimum Gasteiger partial charge on any atom is -0.381 e. The zero-order valence-corrected chi connectivity index (χ0v) is 8.74. The van der Waals surface area contributed by atoms with Gasteiger partial charge in [-0.3, -0.25) is 0 Å². The van der Waals surface area contributed by atoms with Crippen LogP contribution in [0, 0.1) is 5.82 Å². The smallest absolute Gasteiger partial charge is 0.169 e. The van der Waals surface area contributed by atoms with Crippen molar-refractivity contribution < 1.29 is 13.7 Å². The highest BCUT2D eigenvalue weighted by atomic mass is 19.1. The van der Waals surface area contributed by atoms with Crippen molar-refractivity contribution in [2.24, 2.45) is 0 Å². The number of nitrogen functional groups attached to an aromatic ring is 1. The van der Waals surface area contributed by atoms with E-state index in [1.807, 2.05) is 0 Å². The molecule has 0 spiro atoms. The van der Waals surface area contributed by atoms with Crippen LogP contribution in [0.4, 0.5) is 10.2 Å². The summed E-state index contributed by atoms with van der Waals surface area (Å²) >= 11 is 0. The maximum absolute atomic E-state index is 13.3. The van der Waals surface area contributed by atoms with E-state index in [1.54, 1.807) is 18.2 Å². The first-order valence-corrected chi connectivity index (χ1v) is 4.70. The molecule has 0 saturated heterocycles. The summed E-state index contributed by atoms with van der Waals surface area (Å²) < 4.78 is 23.2.